The Morgan fingerprint density at radius 3 is 2.41 bits per heavy atom. The summed E-state index contributed by atoms with van der Waals surface area (Å²) in [5.41, 5.74) is 0.532. The van der Waals surface area contributed by atoms with Crippen molar-refractivity contribution >= 4 is 0 Å². The van der Waals surface area contributed by atoms with E-state index in [4.69, 9.17) is 0 Å². The third kappa shape index (κ3) is 1.86. The van der Waals surface area contributed by atoms with Crippen LogP contribution in [0.1, 0.15) is 52.9 Å². The predicted molar refractivity (Wildman–Crippen MR) is 66.4 cm³/mol. The Balaban J connectivity index is 2.11. The number of aromatic nitrogens is 4. The highest BCUT2D eigenvalue weighted by atomic mass is 15.6. The molecule has 1 N–H and O–H groups in total. The lowest BCUT2D eigenvalue weighted by Gasteiger charge is -2.06. The van der Waals surface area contributed by atoms with Gasteiger partial charge in [0.25, 0.3) is 0 Å². The van der Waals surface area contributed by atoms with Crippen molar-refractivity contribution in [2.24, 2.45) is 10.8 Å². The summed E-state index contributed by atoms with van der Waals surface area (Å²) in [5, 5.41) is 15.5. The maximum absolute atomic E-state index is 4.16. The first kappa shape index (κ1) is 12.5. The molecule has 1 aliphatic rings. The summed E-state index contributed by atoms with van der Waals surface area (Å²) in [6, 6.07) is 0.406. The van der Waals surface area contributed by atoms with Crippen molar-refractivity contribution in [3.8, 4) is 0 Å². The van der Waals surface area contributed by atoms with E-state index in [1.807, 2.05) is 4.68 Å². The number of rotatable bonds is 5. The zero-order valence-corrected chi connectivity index (χ0v) is 11.5. The second-order valence-electron chi connectivity index (χ2n) is 6.06. The summed E-state index contributed by atoms with van der Waals surface area (Å²) < 4.78 is 2.00. The van der Waals surface area contributed by atoms with E-state index in [1.165, 1.54) is 0 Å². The molecule has 0 bridgehead atoms. The van der Waals surface area contributed by atoms with E-state index in [2.05, 4.69) is 55.5 Å². The minimum absolute atomic E-state index is 0.266. The van der Waals surface area contributed by atoms with Crippen LogP contribution in [0.4, 0.5) is 0 Å². The highest BCUT2D eigenvalue weighted by Gasteiger charge is 2.67. The Morgan fingerprint density at radius 2 is 1.88 bits per heavy atom. The Hall–Kier alpha value is -0.970. The van der Waals surface area contributed by atoms with Crippen molar-refractivity contribution < 1.29 is 0 Å². The molecule has 0 atom stereocenters. The topological polar surface area (TPSA) is 55.6 Å². The van der Waals surface area contributed by atoms with E-state index in [0.29, 0.717) is 6.04 Å². The molecule has 1 fully saturated rings. The highest BCUT2D eigenvalue weighted by Crippen LogP contribution is 2.71. The van der Waals surface area contributed by atoms with Gasteiger partial charge in [0.05, 0.1) is 12.6 Å². The number of nitrogens with zero attached hydrogens (tertiary/aromatic N) is 4. The van der Waals surface area contributed by atoms with Gasteiger partial charge in [-0.05, 0) is 34.2 Å². The molecule has 1 aromatic heterocycles. The Morgan fingerprint density at radius 1 is 1.24 bits per heavy atom. The molecule has 0 aliphatic heterocycles. The summed E-state index contributed by atoms with van der Waals surface area (Å²) in [4.78, 5) is 0. The number of tetrazole rings is 1. The predicted octanol–water partition coefficient (Wildman–Crippen LogP) is 1.78. The SMILES string of the molecule is CCCNCc1nnnn1C1C(C)(C)C1(C)C. The highest BCUT2D eigenvalue weighted by molar-refractivity contribution is 5.16. The van der Waals surface area contributed by atoms with Crippen LogP contribution in [0.25, 0.3) is 0 Å². The molecule has 1 saturated carbocycles. The molecule has 17 heavy (non-hydrogen) atoms. The normalized spacial score (nSPS) is 21.7. The molecular weight excluding hydrogens is 214 g/mol. The van der Waals surface area contributed by atoms with Crippen molar-refractivity contribution in [2.75, 3.05) is 6.54 Å². The van der Waals surface area contributed by atoms with E-state index in [1.54, 1.807) is 0 Å². The zero-order chi connectivity index (χ0) is 12.7. The lowest BCUT2D eigenvalue weighted by atomic mass is 10.0. The van der Waals surface area contributed by atoms with E-state index in [-0.39, 0.29) is 10.8 Å². The minimum atomic E-state index is 0.266. The smallest absolute Gasteiger partial charge is 0.165 e. The average molecular weight is 237 g/mol. The molecule has 5 nitrogen and oxygen atoms in total. The molecule has 1 aliphatic carbocycles. The summed E-state index contributed by atoms with van der Waals surface area (Å²) in [5.74, 6) is 0.946. The van der Waals surface area contributed by atoms with Crippen LogP contribution in [0.15, 0.2) is 0 Å². The average Bonchev–Trinajstić information content (AvgIpc) is 2.60. The summed E-state index contributed by atoms with van der Waals surface area (Å²) >= 11 is 0. The summed E-state index contributed by atoms with van der Waals surface area (Å²) in [7, 11) is 0. The van der Waals surface area contributed by atoms with Crippen LogP contribution in [0.3, 0.4) is 0 Å². The van der Waals surface area contributed by atoms with Crippen LogP contribution in [0.5, 0.6) is 0 Å². The fourth-order valence-corrected chi connectivity index (χ4v) is 2.68. The van der Waals surface area contributed by atoms with Crippen molar-refractivity contribution in [3.05, 3.63) is 5.82 Å². The van der Waals surface area contributed by atoms with Gasteiger partial charge in [-0.2, -0.15) is 0 Å². The molecule has 0 saturated heterocycles. The molecule has 0 spiro atoms. The van der Waals surface area contributed by atoms with E-state index >= 15 is 0 Å². The second-order valence-corrected chi connectivity index (χ2v) is 6.06. The second kappa shape index (κ2) is 4.05. The molecule has 2 rings (SSSR count). The van der Waals surface area contributed by atoms with E-state index in [0.717, 1.165) is 25.3 Å². The van der Waals surface area contributed by atoms with Gasteiger partial charge in [0, 0.05) is 0 Å². The first-order valence-corrected chi connectivity index (χ1v) is 6.40. The fourth-order valence-electron chi connectivity index (χ4n) is 2.68. The third-order valence-electron chi connectivity index (χ3n) is 4.46. The Bertz CT molecular complexity index is 379. The Kier molecular flexibility index (Phi) is 2.97. The molecule has 0 aromatic carbocycles. The minimum Gasteiger partial charge on any atom is -0.310 e. The van der Waals surface area contributed by atoms with Crippen LogP contribution in [-0.4, -0.2) is 26.8 Å². The van der Waals surface area contributed by atoms with Gasteiger partial charge in [-0.15, -0.1) is 5.10 Å². The van der Waals surface area contributed by atoms with Gasteiger partial charge < -0.3 is 5.32 Å². The molecule has 1 aromatic rings. The van der Waals surface area contributed by atoms with Gasteiger partial charge in [-0.1, -0.05) is 34.6 Å². The quantitative estimate of drug-likeness (QED) is 0.793. The van der Waals surface area contributed by atoms with Crippen LogP contribution in [-0.2, 0) is 6.54 Å². The standard InChI is InChI=1S/C12H23N5/c1-6-7-13-8-9-14-15-16-17(9)10-11(2,3)12(10,4)5/h10,13H,6-8H2,1-5H3. The molecule has 1 heterocycles. The van der Waals surface area contributed by atoms with Crippen LogP contribution >= 0.6 is 0 Å². The van der Waals surface area contributed by atoms with Crippen molar-refractivity contribution in [1.82, 2.24) is 25.5 Å². The van der Waals surface area contributed by atoms with E-state index in [9.17, 15) is 0 Å². The maximum Gasteiger partial charge on any atom is 0.165 e. The van der Waals surface area contributed by atoms with Crippen molar-refractivity contribution in [1.29, 1.82) is 0 Å². The number of hydrogen-bond acceptors (Lipinski definition) is 4. The lowest BCUT2D eigenvalue weighted by Crippen LogP contribution is -2.19. The van der Waals surface area contributed by atoms with Crippen molar-refractivity contribution in [2.45, 2.75) is 53.6 Å². The van der Waals surface area contributed by atoms with Crippen LogP contribution in [0.2, 0.25) is 0 Å². The molecule has 5 heteroatoms. The maximum atomic E-state index is 4.16. The summed E-state index contributed by atoms with van der Waals surface area (Å²) in [6.45, 7) is 13.0. The lowest BCUT2D eigenvalue weighted by molar-refractivity contribution is 0.457. The molecule has 96 valence electrons. The van der Waals surface area contributed by atoms with Crippen molar-refractivity contribution in [3.63, 3.8) is 0 Å². The zero-order valence-electron chi connectivity index (χ0n) is 11.5. The molecule has 0 radical (unpaired) electrons. The van der Waals surface area contributed by atoms with Gasteiger partial charge in [0.2, 0.25) is 0 Å². The number of hydrogen-bond donors (Lipinski definition) is 1. The molecular formula is C12H23N5. The van der Waals surface area contributed by atoms with Gasteiger partial charge in [-0.3, -0.25) is 0 Å². The monoisotopic (exact) mass is 237 g/mol. The first-order chi connectivity index (χ1) is 7.93. The molecule has 0 unspecified atom stereocenters. The van der Waals surface area contributed by atoms with Gasteiger partial charge in [-0.25, -0.2) is 4.68 Å². The van der Waals surface area contributed by atoms with E-state index < -0.39 is 0 Å². The van der Waals surface area contributed by atoms with Crippen LogP contribution < -0.4 is 5.32 Å². The van der Waals surface area contributed by atoms with Gasteiger partial charge in [0.15, 0.2) is 5.82 Å². The third-order valence-corrected chi connectivity index (χ3v) is 4.46. The van der Waals surface area contributed by atoms with Crippen LogP contribution in [0, 0.1) is 10.8 Å². The number of nitrogens with one attached hydrogen (secondary N) is 1. The summed E-state index contributed by atoms with van der Waals surface area (Å²) in [6.07, 6.45) is 1.13. The molecule has 0 amide bonds. The first-order valence-electron chi connectivity index (χ1n) is 6.40. The largest absolute Gasteiger partial charge is 0.310 e. The van der Waals surface area contributed by atoms with Gasteiger partial charge in [0.1, 0.15) is 0 Å². The Labute approximate surface area is 103 Å². The van der Waals surface area contributed by atoms with Gasteiger partial charge >= 0.3 is 0 Å². The fraction of sp³-hybridized carbons (Fsp3) is 0.917.